The molecule has 2 rings (SSSR count). The number of anilines is 2. The molecule has 0 spiro atoms. The van der Waals surface area contributed by atoms with Crippen molar-refractivity contribution in [1.82, 2.24) is 4.90 Å². The molecule has 0 atom stereocenters. The summed E-state index contributed by atoms with van der Waals surface area (Å²) in [5.74, 6) is -0.404. The van der Waals surface area contributed by atoms with Gasteiger partial charge in [-0.2, -0.15) is 0 Å². The summed E-state index contributed by atoms with van der Waals surface area (Å²) in [4.78, 5) is 27.4. The Morgan fingerprint density at radius 2 is 1.97 bits per heavy atom. The molecule has 1 N–H and O–H groups in total. The summed E-state index contributed by atoms with van der Waals surface area (Å²) in [6, 6.07) is 5.29. The molecule has 1 saturated heterocycles. The maximum absolute atomic E-state index is 12.6. The minimum atomic E-state index is -1.76. The number of urea groups is 1. The third-order valence-electron chi connectivity index (χ3n) is 5.66. The van der Waals surface area contributed by atoms with Gasteiger partial charge in [-0.25, -0.2) is 4.79 Å². The molecule has 1 aliphatic heterocycles. The van der Waals surface area contributed by atoms with Crippen LogP contribution in [0, 0.1) is 0 Å². The Labute approximate surface area is 185 Å². The third-order valence-corrected chi connectivity index (χ3v) is 10.5. The van der Waals surface area contributed by atoms with E-state index < -0.39 is 14.3 Å². The quantitative estimate of drug-likeness (QED) is 0.335. The highest BCUT2D eigenvalue weighted by Crippen LogP contribution is 2.36. The van der Waals surface area contributed by atoms with Gasteiger partial charge in [0.25, 0.3) is 0 Å². The molecule has 1 heterocycles. The van der Waals surface area contributed by atoms with Crippen LogP contribution in [0.5, 0.6) is 0 Å². The van der Waals surface area contributed by atoms with Crippen molar-refractivity contribution in [3.05, 3.63) is 23.2 Å². The molecule has 7 nitrogen and oxygen atoms in total. The van der Waals surface area contributed by atoms with Crippen LogP contribution in [0.3, 0.4) is 0 Å². The molecule has 9 heteroatoms. The fourth-order valence-corrected chi connectivity index (χ4v) is 4.20. The summed E-state index contributed by atoms with van der Waals surface area (Å²) in [5, 5.41) is 3.99. The van der Waals surface area contributed by atoms with Crippen molar-refractivity contribution in [1.29, 1.82) is 0 Å². The molecular formula is C21H34ClN3O4Si. The molecule has 0 saturated carbocycles. The van der Waals surface area contributed by atoms with Gasteiger partial charge in [-0.1, -0.05) is 32.4 Å². The Morgan fingerprint density at radius 3 is 2.57 bits per heavy atom. The summed E-state index contributed by atoms with van der Waals surface area (Å²) >= 11 is 6.45. The van der Waals surface area contributed by atoms with E-state index in [1.54, 1.807) is 11.8 Å². The van der Waals surface area contributed by atoms with Crippen LogP contribution in [0.4, 0.5) is 16.2 Å². The molecular weight excluding hydrogens is 422 g/mol. The summed E-state index contributed by atoms with van der Waals surface area (Å²) in [6.07, 6.45) is 0. The Bertz CT molecular complexity index is 767. The maximum atomic E-state index is 12.6. The van der Waals surface area contributed by atoms with Gasteiger partial charge >= 0.3 is 12.0 Å². The van der Waals surface area contributed by atoms with Gasteiger partial charge in [0.15, 0.2) is 8.32 Å². The number of rotatable bonds is 9. The molecule has 1 fully saturated rings. The second kappa shape index (κ2) is 10.0. The Hall–Kier alpha value is -1.77. The lowest BCUT2D eigenvalue weighted by Crippen LogP contribution is -2.41. The summed E-state index contributed by atoms with van der Waals surface area (Å²) in [5.41, 5.74) is 1.51. The zero-order valence-corrected chi connectivity index (χ0v) is 20.6. The minimum absolute atomic E-state index is 0.0470. The first-order chi connectivity index (χ1) is 14.0. The van der Waals surface area contributed by atoms with E-state index in [9.17, 15) is 9.59 Å². The van der Waals surface area contributed by atoms with Gasteiger partial charge in [0.05, 0.1) is 23.9 Å². The highest BCUT2D eigenvalue weighted by atomic mass is 35.5. The first-order valence-electron chi connectivity index (χ1n) is 10.4. The predicted octanol–water partition coefficient (Wildman–Crippen LogP) is 4.58. The smallest absolute Gasteiger partial charge is 0.325 e. The molecule has 1 aliphatic rings. The highest BCUT2D eigenvalue weighted by Gasteiger charge is 2.37. The van der Waals surface area contributed by atoms with E-state index in [4.69, 9.17) is 20.8 Å². The molecule has 2 amide bonds. The van der Waals surface area contributed by atoms with Crippen molar-refractivity contribution in [2.24, 2.45) is 0 Å². The average molecular weight is 456 g/mol. The van der Waals surface area contributed by atoms with E-state index in [1.807, 2.05) is 18.2 Å². The normalized spacial score (nSPS) is 15.0. The average Bonchev–Trinajstić information content (AvgIpc) is 2.98. The molecule has 0 unspecified atom stereocenters. The van der Waals surface area contributed by atoms with Crippen LogP contribution in [-0.2, 0) is 14.0 Å². The monoisotopic (exact) mass is 455 g/mol. The highest BCUT2D eigenvalue weighted by molar-refractivity contribution is 6.74. The Balaban J connectivity index is 1.91. The zero-order valence-electron chi connectivity index (χ0n) is 18.9. The molecule has 0 radical (unpaired) electrons. The van der Waals surface area contributed by atoms with E-state index in [-0.39, 0.29) is 17.6 Å². The van der Waals surface area contributed by atoms with E-state index >= 15 is 0 Å². The Kier molecular flexibility index (Phi) is 8.18. The van der Waals surface area contributed by atoms with Crippen molar-refractivity contribution >= 4 is 43.3 Å². The first kappa shape index (κ1) is 24.5. The van der Waals surface area contributed by atoms with Crippen LogP contribution in [0.25, 0.3) is 0 Å². The zero-order chi connectivity index (χ0) is 22.5. The van der Waals surface area contributed by atoms with Crippen LogP contribution in [0.1, 0.15) is 27.7 Å². The van der Waals surface area contributed by atoms with E-state index in [1.165, 1.54) is 4.90 Å². The standard InChI is InChI=1S/C21H34ClN3O4Si/c1-7-28-19(26)15-24-11-12-25(20(24)27)18-9-8-16(14-17(18)22)23-10-13-29-30(5,6)21(2,3)4/h8-9,14,23H,7,10-13,15H2,1-6H3. The summed E-state index contributed by atoms with van der Waals surface area (Å²) in [6.45, 7) is 15.4. The van der Waals surface area contributed by atoms with Crippen LogP contribution < -0.4 is 10.2 Å². The van der Waals surface area contributed by atoms with E-state index in [0.29, 0.717) is 43.6 Å². The molecule has 168 valence electrons. The van der Waals surface area contributed by atoms with Crippen molar-refractivity contribution in [3.63, 3.8) is 0 Å². The molecule has 0 aliphatic carbocycles. The fraction of sp³-hybridized carbons (Fsp3) is 0.619. The molecule has 0 bridgehead atoms. The summed E-state index contributed by atoms with van der Waals surface area (Å²) < 4.78 is 11.1. The minimum Gasteiger partial charge on any atom is -0.465 e. The number of hydrogen-bond acceptors (Lipinski definition) is 5. The molecule has 30 heavy (non-hydrogen) atoms. The second-order valence-corrected chi connectivity index (χ2v) is 14.1. The molecule has 0 aromatic heterocycles. The number of carbonyl (C=O) groups excluding carboxylic acids is 2. The number of ether oxygens (including phenoxy) is 1. The van der Waals surface area contributed by atoms with Gasteiger partial charge in [0, 0.05) is 25.3 Å². The van der Waals surface area contributed by atoms with Gasteiger partial charge in [-0.3, -0.25) is 9.69 Å². The second-order valence-electron chi connectivity index (χ2n) is 8.86. The number of esters is 1. The Morgan fingerprint density at radius 1 is 1.27 bits per heavy atom. The number of benzene rings is 1. The molecule has 1 aromatic rings. The van der Waals surface area contributed by atoms with Crippen molar-refractivity contribution in [2.45, 2.75) is 45.8 Å². The maximum Gasteiger partial charge on any atom is 0.325 e. The topological polar surface area (TPSA) is 71.1 Å². The number of nitrogens with zero attached hydrogens (tertiary/aromatic N) is 2. The van der Waals surface area contributed by atoms with Crippen LogP contribution >= 0.6 is 11.6 Å². The van der Waals surface area contributed by atoms with Gasteiger partial charge in [0.1, 0.15) is 6.54 Å². The number of halogens is 1. The molecule has 1 aromatic carbocycles. The van der Waals surface area contributed by atoms with Crippen molar-refractivity contribution in [2.75, 3.05) is 49.6 Å². The first-order valence-corrected chi connectivity index (χ1v) is 13.6. The number of carbonyl (C=O) groups is 2. The number of amides is 2. The van der Waals surface area contributed by atoms with E-state index in [0.717, 1.165) is 5.69 Å². The van der Waals surface area contributed by atoms with Crippen molar-refractivity contribution in [3.8, 4) is 0 Å². The van der Waals surface area contributed by atoms with Gasteiger partial charge in [0.2, 0.25) is 0 Å². The third kappa shape index (κ3) is 6.12. The van der Waals surface area contributed by atoms with Crippen LogP contribution in [-0.4, -0.2) is 64.6 Å². The largest absolute Gasteiger partial charge is 0.465 e. The van der Waals surface area contributed by atoms with Gasteiger partial charge < -0.3 is 19.4 Å². The lowest BCUT2D eigenvalue weighted by atomic mass is 10.2. The fourth-order valence-electron chi connectivity index (χ4n) is 2.87. The van der Waals surface area contributed by atoms with Crippen LogP contribution in [0.15, 0.2) is 18.2 Å². The van der Waals surface area contributed by atoms with E-state index in [2.05, 4.69) is 39.2 Å². The SMILES string of the molecule is CCOC(=O)CN1CCN(c2ccc(NCCO[Si](C)(C)C(C)(C)C)cc2Cl)C1=O. The summed E-state index contributed by atoms with van der Waals surface area (Å²) in [7, 11) is -1.76. The van der Waals surface area contributed by atoms with Gasteiger partial charge in [-0.05, 0) is 43.3 Å². The van der Waals surface area contributed by atoms with Gasteiger partial charge in [-0.15, -0.1) is 0 Å². The van der Waals surface area contributed by atoms with Crippen molar-refractivity contribution < 1.29 is 18.8 Å². The predicted molar refractivity (Wildman–Crippen MR) is 124 cm³/mol. The van der Waals surface area contributed by atoms with Crippen LogP contribution in [0.2, 0.25) is 23.2 Å². The number of nitrogens with one attached hydrogen (secondary N) is 1. The lowest BCUT2D eigenvalue weighted by molar-refractivity contribution is -0.143. The number of hydrogen-bond donors (Lipinski definition) is 1. The lowest BCUT2D eigenvalue weighted by Gasteiger charge is -2.36.